The molecular formula is C14H25NO4. The number of carbonyl (C=O) groups is 2. The summed E-state index contributed by atoms with van der Waals surface area (Å²) in [4.78, 5) is 23.1. The van der Waals surface area contributed by atoms with Gasteiger partial charge in [0, 0.05) is 19.6 Å². The standard InChI is InChI=1S/C14H25NO4/c1-10(2)14(3,13(17)18)9-12(16)15-7-6-11-5-4-8-19-11/h10-11H,4-9H2,1-3H3,(H,15,16)(H,17,18). The van der Waals surface area contributed by atoms with E-state index in [0.717, 1.165) is 25.9 Å². The van der Waals surface area contributed by atoms with Crippen molar-refractivity contribution in [3.8, 4) is 0 Å². The molecule has 0 aromatic carbocycles. The van der Waals surface area contributed by atoms with Gasteiger partial charge in [-0.1, -0.05) is 13.8 Å². The third-order valence-corrected chi connectivity index (χ3v) is 4.10. The van der Waals surface area contributed by atoms with Crippen LogP contribution in [0.2, 0.25) is 0 Å². The minimum Gasteiger partial charge on any atom is -0.481 e. The molecule has 0 aliphatic carbocycles. The Morgan fingerprint density at radius 3 is 2.63 bits per heavy atom. The molecule has 5 heteroatoms. The SMILES string of the molecule is CC(C)C(C)(CC(=O)NCCC1CCCO1)C(=O)O. The van der Waals surface area contributed by atoms with Gasteiger partial charge in [-0.3, -0.25) is 9.59 Å². The van der Waals surface area contributed by atoms with E-state index < -0.39 is 11.4 Å². The van der Waals surface area contributed by atoms with Gasteiger partial charge in [-0.2, -0.15) is 0 Å². The van der Waals surface area contributed by atoms with Gasteiger partial charge in [-0.05, 0) is 32.1 Å². The number of aliphatic carboxylic acids is 1. The molecule has 0 aromatic heterocycles. The van der Waals surface area contributed by atoms with Gasteiger partial charge in [0.25, 0.3) is 0 Å². The van der Waals surface area contributed by atoms with Crippen LogP contribution in [0.5, 0.6) is 0 Å². The fraction of sp³-hybridized carbons (Fsp3) is 0.857. The van der Waals surface area contributed by atoms with E-state index in [1.807, 2.05) is 13.8 Å². The van der Waals surface area contributed by atoms with Crippen molar-refractivity contribution in [3.05, 3.63) is 0 Å². The Bertz CT molecular complexity index is 323. The Labute approximate surface area is 114 Å². The highest BCUT2D eigenvalue weighted by molar-refractivity contribution is 5.84. The van der Waals surface area contributed by atoms with E-state index in [1.54, 1.807) is 6.92 Å². The molecule has 2 N–H and O–H groups in total. The first-order valence-electron chi connectivity index (χ1n) is 6.98. The quantitative estimate of drug-likeness (QED) is 0.740. The van der Waals surface area contributed by atoms with Crippen molar-refractivity contribution in [2.75, 3.05) is 13.2 Å². The zero-order chi connectivity index (χ0) is 14.5. The molecule has 2 unspecified atom stereocenters. The first-order valence-corrected chi connectivity index (χ1v) is 6.98. The first kappa shape index (κ1) is 16.0. The maximum atomic E-state index is 11.8. The van der Waals surface area contributed by atoms with E-state index in [1.165, 1.54) is 0 Å². The summed E-state index contributed by atoms with van der Waals surface area (Å²) in [6.45, 7) is 6.64. The summed E-state index contributed by atoms with van der Waals surface area (Å²) >= 11 is 0. The summed E-state index contributed by atoms with van der Waals surface area (Å²) in [6, 6.07) is 0. The van der Waals surface area contributed by atoms with E-state index >= 15 is 0 Å². The van der Waals surface area contributed by atoms with Crippen molar-refractivity contribution in [2.45, 2.75) is 52.6 Å². The number of carbonyl (C=O) groups excluding carboxylic acids is 1. The lowest BCUT2D eigenvalue weighted by atomic mass is 9.76. The van der Waals surface area contributed by atoms with Gasteiger partial charge in [0.05, 0.1) is 11.5 Å². The topological polar surface area (TPSA) is 75.6 Å². The van der Waals surface area contributed by atoms with Crippen molar-refractivity contribution in [1.82, 2.24) is 5.32 Å². The number of carboxylic acids is 1. The van der Waals surface area contributed by atoms with E-state index in [0.29, 0.717) is 6.54 Å². The number of hydrogen-bond acceptors (Lipinski definition) is 3. The monoisotopic (exact) mass is 271 g/mol. The van der Waals surface area contributed by atoms with Gasteiger partial charge < -0.3 is 15.2 Å². The Kier molecular flexibility index (Phi) is 5.79. The van der Waals surface area contributed by atoms with Crippen LogP contribution in [0, 0.1) is 11.3 Å². The normalized spacial score (nSPS) is 22.2. The molecule has 0 spiro atoms. The summed E-state index contributed by atoms with van der Waals surface area (Å²) in [7, 11) is 0. The highest BCUT2D eigenvalue weighted by Gasteiger charge is 2.38. The van der Waals surface area contributed by atoms with Gasteiger partial charge in [0.1, 0.15) is 0 Å². The maximum absolute atomic E-state index is 11.8. The molecule has 1 heterocycles. The van der Waals surface area contributed by atoms with Crippen molar-refractivity contribution in [1.29, 1.82) is 0 Å². The lowest BCUT2D eigenvalue weighted by molar-refractivity contribution is -0.153. The summed E-state index contributed by atoms with van der Waals surface area (Å²) < 4.78 is 5.47. The number of ether oxygens (including phenoxy) is 1. The summed E-state index contributed by atoms with van der Waals surface area (Å²) in [5.41, 5.74) is -1.01. The van der Waals surface area contributed by atoms with Gasteiger partial charge in [-0.15, -0.1) is 0 Å². The van der Waals surface area contributed by atoms with Crippen molar-refractivity contribution in [3.63, 3.8) is 0 Å². The Morgan fingerprint density at radius 2 is 2.16 bits per heavy atom. The van der Waals surface area contributed by atoms with Crippen LogP contribution >= 0.6 is 0 Å². The molecule has 0 saturated carbocycles. The smallest absolute Gasteiger partial charge is 0.310 e. The van der Waals surface area contributed by atoms with Gasteiger partial charge >= 0.3 is 5.97 Å². The Morgan fingerprint density at radius 1 is 1.47 bits per heavy atom. The maximum Gasteiger partial charge on any atom is 0.310 e. The zero-order valence-electron chi connectivity index (χ0n) is 12.1. The Hall–Kier alpha value is -1.10. The molecule has 19 heavy (non-hydrogen) atoms. The number of amides is 1. The molecule has 0 aromatic rings. The molecule has 1 saturated heterocycles. The molecule has 1 amide bonds. The number of rotatable bonds is 7. The molecule has 1 aliphatic heterocycles. The second kappa shape index (κ2) is 6.89. The van der Waals surface area contributed by atoms with Crippen LogP contribution < -0.4 is 5.32 Å². The van der Waals surface area contributed by atoms with Crippen LogP contribution in [-0.2, 0) is 14.3 Å². The molecule has 0 radical (unpaired) electrons. The highest BCUT2D eigenvalue weighted by atomic mass is 16.5. The minimum absolute atomic E-state index is 0.0194. The van der Waals surface area contributed by atoms with Gasteiger partial charge in [-0.25, -0.2) is 0 Å². The van der Waals surface area contributed by atoms with Crippen LogP contribution in [0.15, 0.2) is 0 Å². The second-order valence-electron chi connectivity index (χ2n) is 5.83. The number of hydrogen-bond donors (Lipinski definition) is 2. The van der Waals surface area contributed by atoms with Crippen molar-refractivity contribution in [2.24, 2.45) is 11.3 Å². The summed E-state index contributed by atoms with van der Waals surface area (Å²) in [5, 5.41) is 12.0. The van der Waals surface area contributed by atoms with Crippen LogP contribution in [0.25, 0.3) is 0 Å². The fourth-order valence-electron chi connectivity index (χ4n) is 2.17. The predicted molar refractivity (Wildman–Crippen MR) is 71.8 cm³/mol. The van der Waals surface area contributed by atoms with Crippen LogP contribution in [0.3, 0.4) is 0 Å². The largest absolute Gasteiger partial charge is 0.481 e. The molecule has 1 rings (SSSR count). The molecular weight excluding hydrogens is 246 g/mol. The average molecular weight is 271 g/mol. The molecule has 0 bridgehead atoms. The third-order valence-electron chi connectivity index (χ3n) is 4.10. The van der Waals surface area contributed by atoms with E-state index in [2.05, 4.69) is 5.32 Å². The molecule has 1 aliphatic rings. The lowest BCUT2D eigenvalue weighted by Crippen LogP contribution is -2.39. The summed E-state index contributed by atoms with van der Waals surface area (Å²) in [5.74, 6) is -1.21. The number of nitrogens with one attached hydrogen (secondary N) is 1. The van der Waals surface area contributed by atoms with Gasteiger partial charge in [0.15, 0.2) is 0 Å². The van der Waals surface area contributed by atoms with Crippen molar-refractivity contribution >= 4 is 11.9 Å². The second-order valence-corrected chi connectivity index (χ2v) is 5.83. The predicted octanol–water partition coefficient (Wildman–Crippen LogP) is 1.81. The summed E-state index contributed by atoms with van der Waals surface area (Å²) in [6.07, 6.45) is 3.21. The minimum atomic E-state index is -1.01. The van der Waals surface area contributed by atoms with Crippen molar-refractivity contribution < 1.29 is 19.4 Å². The number of carboxylic acid groups (broad SMARTS) is 1. The third kappa shape index (κ3) is 4.49. The highest BCUT2D eigenvalue weighted by Crippen LogP contribution is 2.31. The molecule has 110 valence electrons. The van der Waals surface area contributed by atoms with E-state index in [9.17, 15) is 14.7 Å². The van der Waals surface area contributed by atoms with E-state index in [4.69, 9.17) is 4.74 Å². The molecule has 5 nitrogen and oxygen atoms in total. The average Bonchev–Trinajstić information content (AvgIpc) is 2.81. The Balaban J connectivity index is 2.34. The van der Waals surface area contributed by atoms with Crippen LogP contribution in [0.1, 0.15) is 46.5 Å². The molecule has 1 fully saturated rings. The van der Waals surface area contributed by atoms with Gasteiger partial charge in [0.2, 0.25) is 5.91 Å². The first-order chi connectivity index (χ1) is 8.86. The fourth-order valence-corrected chi connectivity index (χ4v) is 2.17. The molecule has 2 atom stereocenters. The van der Waals surface area contributed by atoms with Crippen LogP contribution in [0.4, 0.5) is 0 Å². The van der Waals surface area contributed by atoms with E-state index in [-0.39, 0.29) is 24.3 Å². The zero-order valence-corrected chi connectivity index (χ0v) is 12.1. The lowest BCUT2D eigenvalue weighted by Gasteiger charge is -2.28. The van der Waals surface area contributed by atoms with Crippen LogP contribution in [-0.4, -0.2) is 36.2 Å².